The van der Waals surface area contributed by atoms with Gasteiger partial charge in [-0.05, 0) is 0 Å². The molecule has 1 unspecified atom stereocenters. The van der Waals surface area contributed by atoms with Crippen LogP contribution in [0.15, 0.2) is 28.5 Å². The van der Waals surface area contributed by atoms with Gasteiger partial charge in [0.25, 0.3) is 0 Å². The fraction of sp³-hybridized carbons (Fsp3) is 0.405. The van der Waals surface area contributed by atoms with Crippen molar-refractivity contribution in [3.8, 4) is 22.9 Å². The standard InChI is InChI=1S/C37H38F3IN8O3S/c1-41-11-8-22-25-21(6-7-23(39)32(25)53-33(22)42)26-28(40)30-27(31(50)29(26)41)34(44-20-5-3-13-48(17-20)35(51)24-9-12-43-47(24)2)46-36(45-30)52-18-37-10-4-14-49(37)16-19(38)15-37/h6-9,11-12,19-20,50H,3-5,10,13-18,42H2,1-2H3,(H,44,45,46)/b11-8+/t19-,20?,37+/m1/s1. The van der Waals surface area contributed by atoms with Crippen LogP contribution < -0.4 is 15.8 Å². The Balaban J connectivity index is 1.18. The van der Waals surface area contributed by atoms with Gasteiger partial charge < -0.3 is 0 Å². The molecule has 278 valence electrons. The van der Waals surface area contributed by atoms with Crippen LogP contribution in [0.1, 0.15) is 48.2 Å². The van der Waals surface area contributed by atoms with Crippen LogP contribution in [0.3, 0.4) is 0 Å². The van der Waals surface area contributed by atoms with E-state index in [0.29, 0.717) is 74.4 Å². The summed E-state index contributed by atoms with van der Waals surface area (Å²) in [5.41, 5.74) is 7.40. The zero-order valence-corrected chi connectivity index (χ0v) is 32.1. The third-order valence-electron chi connectivity index (χ3n) is 11.1. The second-order valence-electron chi connectivity index (χ2n) is 14.4. The number of amides is 1. The summed E-state index contributed by atoms with van der Waals surface area (Å²) in [4.78, 5) is 28.7. The maximum atomic E-state index is 17.5. The van der Waals surface area contributed by atoms with Gasteiger partial charge in [-0.3, -0.25) is 0 Å². The number of hydrogen-bond acceptors (Lipinski definition) is 10. The number of thiophene rings is 1. The van der Waals surface area contributed by atoms with Crippen LogP contribution in [0.5, 0.6) is 11.8 Å². The number of nitrogens with one attached hydrogen (secondary N) is 1. The Hall–Kier alpha value is -4.16. The van der Waals surface area contributed by atoms with Gasteiger partial charge in [-0.15, -0.1) is 0 Å². The average molecular weight is 859 g/mol. The summed E-state index contributed by atoms with van der Waals surface area (Å²) in [6, 6.07) is 4.11. The number of nitrogens with zero attached hydrogens (tertiary/aromatic N) is 6. The molecule has 0 saturated carbocycles. The molecule has 5 aromatic rings. The third-order valence-corrected chi connectivity index (χ3v) is 16.4. The second-order valence-corrected chi connectivity index (χ2v) is 20.2. The van der Waals surface area contributed by atoms with E-state index in [2.05, 4.69) is 20.3 Å². The van der Waals surface area contributed by atoms with E-state index in [1.807, 2.05) is 15.1 Å². The van der Waals surface area contributed by atoms with Gasteiger partial charge in [0.05, 0.1) is 0 Å². The Bertz CT molecular complexity index is 2350. The zero-order chi connectivity index (χ0) is 36.8. The van der Waals surface area contributed by atoms with Crippen molar-refractivity contribution >= 4 is 74.9 Å². The van der Waals surface area contributed by atoms with E-state index in [4.69, 9.17) is 15.5 Å². The van der Waals surface area contributed by atoms with Crippen molar-refractivity contribution in [2.45, 2.75) is 49.9 Å². The SMILES string of the molecule is Cn1nccc1C(=O)N1CCCC(Nc2nc(OC[C@@]34CCCN3C[C@H](F)C4)nc3c(F)c4c(c(O)c23)I(C)/C=C/c2c(N)sc3c(F)ccc-4c23)C1. The molecule has 7 heterocycles. The number of carbonyl (C=O) groups excluding carboxylic acids is 1. The molecule has 0 bridgehead atoms. The molecule has 0 spiro atoms. The number of piperidine rings is 1. The molecule has 4 N–H and O–H groups in total. The number of hydrogen-bond donors (Lipinski definition) is 3. The van der Waals surface area contributed by atoms with E-state index in [-0.39, 0.29) is 52.6 Å². The van der Waals surface area contributed by atoms with Crippen LogP contribution in [0.25, 0.3) is 38.2 Å². The Labute approximate surface area is 314 Å². The number of benzene rings is 2. The Morgan fingerprint density at radius 2 is 2.04 bits per heavy atom. The van der Waals surface area contributed by atoms with Crippen molar-refractivity contribution < 1.29 is 27.8 Å². The summed E-state index contributed by atoms with van der Waals surface area (Å²) < 4.78 is 57.9. The maximum absolute atomic E-state index is 17.5. The average Bonchev–Trinajstić information content (AvgIpc) is 3.89. The molecular weight excluding hydrogens is 820 g/mol. The predicted octanol–water partition coefficient (Wildman–Crippen LogP) is 6.77. The Kier molecular flexibility index (Phi) is 8.49. The van der Waals surface area contributed by atoms with Crippen molar-refractivity contribution in [1.82, 2.24) is 29.5 Å². The number of nitrogen functional groups attached to an aromatic ring is 1. The van der Waals surface area contributed by atoms with E-state index in [9.17, 15) is 14.3 Å². The van der Waals surface area contributed by atoms with E-state index in [0.717, 1.165) is 30.7 Å². The van der Waals surface area contributed by atoms with Gasteiger partial charge in [0.15, 0.2) is 0 Å². The van der Waals surface area contributed by atoms with Gasteiger partial charge in [-0.25, -0.2) is 0 Å². The Morgan fingerprint density at radius 1 is 1.19 bits per heavy atom. The molecule has 0 radical (unpaired) electrons. The number of aryl methyl sites for hydroxylation is 1. The molecule has 11 nitrogen and oxygen atoms in total. The number of aromatic hydroxyl groups is 1. The van der Waals surface area contributed by atoms with Crippen molar-refractivity contribution in [3.05, 3.63) is 54.9 Å². The molecule has 0 aliphatic carbocycles. The van der Waals surface area contributed by atoms with Crippen LogP contribution in [0.4, 0.5) is 24.0 Å². The van der Waals surface area contributed by atoms with Gasteiger partial charge >= 0.3 is 316 Å². The number of halogens is 4. The second kappa shape index (κ2) is 13.0. The summed E-state index contributed by atoms with van der Waals surface area (Å²) in [7, 11) is 1.72. The van der Waals surface area contributed by atoms with Crippen molar-refractivity contribution in [1.29, 1.82) is 0 Å². The van der Waals surface area contributed by atoms with Crippen LogP contribution >= 0.6 is 31.2 Å². The molecule has 4 aliphatic heterocycles. The molecule has 3 saturated heterocycles. The van der Waals surface area contributed by atoms with E-state index < -0.39 is 43.2 Å². The van der Waals surface area contributed by atoms with Gasteiger partial charge in [0, 0.05) is 0 Å². The fourth-order valence-corrected chi connectivity index (χ4v) is 13.3. The molecule has 53 heavy (non-hydrogen) atoms. The number of rotatable bonds is 6. The number of phenolic OH excluding ortho intramolecular Hbond substituents is 1. The number of alkyl halides is 2. The number of fused-ring (bicyclic) bond motifs is 4. The molecular formula is C37H38F3IN8O3S. The van der Waals surface area contributed by atoms with Gasteiger partial charge in [0.1, 0.15) is 0 Å². The van der Waals surface area contributed by atoms with Crippen molar-refractivity contribution in [2.24, 2.45) is 7.05 Å². The number of anilines is 2. The van der Waals surface area contributed by atoms with Crippen LogP contribution in [-0.4, -0.2) is 96.0 Å². The van der Waals surface area contributed by atoms with Crippen molar-refractivity contribution in [2.75, 3.05) is 48.8 Å². The number of likely N-dealkylation sites (tertiary alicyclic amines) is 1. The number of nitrogens with two attached hydrogens (primary N) is 1. The van der Waals surface area contributed by atoms with Crippen LogP contribution in [-0.2, 0) is 7.05 Å². The van der Waals surface area contributed by atoms with E-state index in [1.165, 1.54) is 6.07 Å². The number of phenols is 1. The van der Waals surface area contributed by atoms with Crippen LogP contribution in [0, 0.1) is 15.2 Å². The quantitative estimate of drug-likeness (QED) is 0.125. The molecule has 2 aromatic carbocycles. The van der Waals surface area contributed by atoms with E-state index >= 15 is 8.78 Å². The molecule has 4 aliphatic rings. The Morgan fingerprint density at radius 3 is 2.85 bits per heavy atom. The molecule has 16 heteroatoms. The first-order valence-corrected chi connectivity index (χ1v) is 22.9. The third kappa shape index (κ3) is 5.61. The summed E-state index contributed by atoms with van der Waals surface area (Å²) >= 11 is -1.35. The molecule has 9 rings (SSSR count). The van der Waals surface area contributed by atoms with Gasteiger partial charge in [-0.2, -0.15) is 0 Å². The van der Waals surface area contributed by atoms with Gasteiger partial charge in [-0.1, -0.05) is 0 Å². The minimum absolute atomic E-state index is 0.107. The first-order valence-electron chi connectivity index (χ1n) is 17.6. The molecule has 3 atom stereocenters. The topological polar surface area (TPSA) is 135 Å². The molecule has 3 aromatic heterocycles. The summed E-state index contributed by atoms with van der Waals surface area (Å²) in [6.07, 6.45) is 5.89. The van der Waals surface area contributed by atoms with Crippen LogP contribution in [0.2, 0.25) is 0 Å². The summed E-state index contributed by atoms with van der Waals surface area (Å²) in [6.45, 7) is 2.13. The number of aromatic nitrogens is 4. The monoisotopic (exact) mass is 858 g/mol. The number of ether oxygens (including phenoxy) is 1. The molecule has 1 amide bonds. The van der Waals surface area contributed by atoms with Gasteiger partial charge in [0.2, 0.25) is 0 Å². The molecule has 3 fully saturated rings. The number of carbonyl (C=O) groups is 1. The first-order chi connectivity index (χ1) is 25.5. The van der Waals surface area contributed by atoms with Crippen molar-refractivity contribution in [3.63, 3.8) is 0 Å². The zero-order valence-electron chi connectivity index (χ0n) is 29.1. The fourth-order valence-electron chi connectivity index (χ4n) is 8.63. The first kappa shape index (κ1) is 34.6. The summed E-state index contributed by atoms with van der Waals surface area (Å²) in [5.74, 6) is -1.27. The minimum atomic E-state index is -2.46. The normalized spacial score (nSPS) is 23.9. The van der Waals surface area contributed by atoms with E-state index in [1.54, 1.807) is 35.0 Å². The summed E-state index contributed by atoms with van der Waals surface area (Å²) in [5, 5.41) is 20.9. The predicted molar refractivity (Wildman–Crippen MR) is 208 cm³/mol.